The van der Waals surface area contributed by atoms with Crippen LogP contribution in [0.2, 0.25) is 0 Å². The number of rotatable bonds is 3. The van der Waals surface area contributed by atoms with E-state index in [0.29, 0.717) is 41.4 Å². The van der Waals surface area contributed by atoms with Gasteiger partial charge in [-0.15, -0.1) is 23.2 Å². The normalized spacial score (nSPS) is 12.3. The molecule has 2 aromatic carbocycles. The Bertz CT molecular complexity index is 686. The van der Waals surface area contributed by atoms with Crippen molar-refractivity contribution in [3.8, 4) is 34.5 Å². The molecule has 0 radical (unpaired) electrons. The van der Waals surface area contributed by atoms with Gasteiger partial charge in [-0.05, 0) is 25.0 Å². The zero-order chi connectivity index (χ0) is 15.0. The molecule has 0 unspecified atom stereocenters. The molecule has 2 aromatic rings. The Labute approximate surface area is 131 Å². The SMILES string of the molecule is Oc1cc2c(c(CCC(Cl)Cl)c1O)Oc1ccccc1O2. The Balaban J connectivity index is 2.04. The minimum atomic E-state index is -0.570. The van der Waals surface area contributed by atoms with E-state index in [1.807, 2.05) is 12.1 Å². The predicted molar refractivity (Wildman–Crippen MR) is 80.2 cm³/mol. The molecule has 0 amide bonds. The van der Waals surface area contributed by atoms with E-state index in [0.717, 1.165) is 0 Å². The second-order valence-corrected chi connectivity index (χ2v) is 5.91. The van der Waals surface area contributed by atoms with Crippen molar-refractivity contribution in [1.29, 1.82) is 0 Å². The Kier molecular flexibility index (Phi) is 3.74. The molecule has 0 atom stereocenters. The molecule has 1 aliphatic heterocycles. The molecular weight excluding hydrogens is 315 g/mol. The summed E-state index contributed by atoms with van der Waals surface area (Å²) in [6, 6.07) is 8.48. The van der Waals surface area contributed by atoms with Crippen LogP contribution in [0.1, 0.15) is 12.0 Å². The number of aromatic hydroxyl groups is 2. The van der Waals surface area contributed by atoms with Crippen LogP contribution in [0.25, 0.3) is 0 Å². The highest BCUT2D eigenvalue weighted by atomic mass is 35.5. The second kappa shape index (κ2) is 5.54. The van der Waals surface area contributed by atoms with Crippen LogP contribution in [0.15, 0.2) is 30.3 Å². The molecule has 0 saturated heterocycles. The summed E-state index contributed by atoms with van der Waals surface area (Å²) in [5, 5.41) is 19.9. The summed E-state index contributed by atoms with van der Waals surface area (Å²) in [5.41, 5.74) is 0.422. The van der Waals surface area contributed by atoms with E-state index in [4.69, 9.17) is 32.7 Å². The van der Waals surface area contributed by atoms with Crippen molar-refractivity contribution in [3.63, 3.8) is 0 Å². The lowest BCUT2D eigenvalue weighted by Gasteiger charge is -2.23. The molecule has 3 rings (SSSR count). The zero-order valence-electron chi connectivity index (χ0n) is 10.8. The topological polar surface area (TPSA) is 58.9 Å². The number of ether oxygens (including phenoxy) is 2. The van der Waals surface area contributed by atoms with Gasteiger partial charge >= 0.3 is 0 Å². The number of phenolic OH excluding ortho intramolecular Hbond substituents is 2. The first-order valence-corrected chi connectivity index (χ1v) is 7.24. The van der Waals surface area contributed by atoms with E-state index in [1.54, 1.807) is 12.1 Å². The van der Waals surface area contributed by atoms with Crippen LogP contribution in [0.3, 0.4) is 0 Å². The summed E-state index contributed by atoms with van der Waals surface area (Å²) in [5.74, 6) is 1.30. The lowest BCUT2D eigenvalue weighted by Crippen LogP contribution is -2.03. The van der Waals surface area contributed by atoms with Crippen molar-refractivity contribution in [2.45, 2.75) is 17.7 Å². The van der Waals surface area contributed by atoms with Gasteiger partial charge in [0.05, 0.1) is 0 Å². The fraction of sp³-hybridized carbons (Fsp3) is 0.200. The van der Waals surface area contributed by atoms with Crippen molar-refractivity contribution in [2.24, 2.45) is 0 Å². The highest BCUT2D eigenvalue weighted by Gasteiger charge is 2.26. The molecule has 110 valence electrons. The molecule has 0 aromatic heterocycles. The quantitative estimate of drug-likeness (QED) is 0.539. The molecule has 1 heterocycles. The lowest BCUT2D eigenvalue weighted by molar-refractivity contribution is 0.340. The highest BCUT2D eigenvalue weighted by molar-refractivity contribution is 6.44. The Morgan fingerprint density at radius 1 is 1.00 bits per heavy atom. The van der Waals surface area contributed by atoms with Crippen LogP contribution in [-0.4, -0.2) is 15.0 Å². The van der Waals surface area contributed by atoms with Gasteiger partial charge in [0.15, 0.2) is 34.5 Å². The molecule has 0 fully saturated rings. The van der Waals surface area contributed by atoms with Gasteiger partial charge in [-0.3, -0.25) is 0 Å². The van der Waals surface area contributed by atoms with Gasteiger partial charge in [-0.25, -0.2) is 0 Å². The van der Waals surface area contributed by atoms with Gasteiger partial charge in [0, 0.05) is 11.6 Å². The number of benzene rings is 2. The van der Waals surface area contributed by atoms with Crippen molar-refractivity contribution >= 4 is 23.2 Å². The highest BCUT2D eigenvalue weighted by Crippen LogP contribution is 2.52. The second-order valence-electron chi connectivity index (χ2n) is 4.63. The Morgan fingerprint density at radius 3 is 2.33 bits per heavy atom. The van der Waals surface area contributed by atoms with E-state index < -0.39 is 4.84 Å². The molecule has 2 N–H and O–H groups in total. The lowest BCUT2D eigenvalue weighted by atomic mass is 10.1. The Hall–Kier alpha value is -1.78. The summed E-state index contributed by atoms with van der Waals surface area (Å²) in [6.45, 7) is 0. The third-order valence-electron chi connectivity index (χ3n) is 3.19. The van der Waals surface area contributed by atoms with Crippen molar-refractivity contribution in [3.05, 3.63) is 35.9 Å². The van der Waals surface area contributed by atoms with Crippen LogP contribution < -0.4 is 9.47 Å². The van der Waals surface area contributed by atoms with Crippen LogP contribution in [0.5, 0.6) is 34.5 Å². The van der Waals surface area contributed by atoms with Crippen LogP contribution in [-0.2, 0) is 6.42 Å². The fourth-order valence-electron chi connectivity index (χ4n) is 2.19. The van der Waals surface area contributed by atoms with E-state index in [2.05, 4.69) is 0 Å². The molecule has 21 heavy (non-hydrogen) atoms. The summed E-state index contributed by atoms with van der Waals surface area (Å²) < 4.78 is 11.5. The van der Waals surface area contributed by atoms with Gasteiger partial charge in [0.2, 0.25) is 0 Å². The smallest absolute Gasteiger partial charge is 0.177 e. The summed E-state index contributed by atoms with van der Waals surface area (Å²) >= 11 is 11.5. The van der Waals surface area contributed by atoms with Crippen LogP contribution in [0, 0.1) is 0 Å². The van der Waals surface area contributed by atoms with Crippen molar-refractivity contribution < 1.29 is 19.7 Å². The number of hydrogen-bond acceptors (Lipinski definition) is 4. The van der Waals surface area contributed by atoms with Crippen LogP contribution in [0.4, 0.5) is 0 Å². The number of phenols is 2. The van der Waals surface area contributed by atoms with Crippen molar-refractivity contribution in [2.75, 3.05) is 0 Å². The van der Waals surface area contributed by atoms with E-state index in [1.165, 1.54) is 6.07 Å². The first-order valence-electron chi connectivity index (χ1n) is 6.37. The number of hydrogen-bond donors (Lipinski definition) is 2. The van der Waals surface area contributed by atoms with Gasteiger partial charge in [0.1, 0.15) is 4.84 Å². The maximum absolute atomic E-state index is 10.0. The standard InChI is InChI=1S/C15H12Cl2O4/c16-13(17)6-5-8-14(19)9(18)7-12-15(8)21-11-4-2-1-3-10(11)20-12/h1-4,7,13,18-19H,5-6H2. The first-order chi connectivity index (χ1) is 10.1. The van der Waals surface area contributed by atoms with E-state index in [9.17, 15) is 10.2 Å². The number of alkyl halides is 2. The van der Waals surface area contributed by atoms with E-state index >= 15 is 0 Å². The van der Waals surface area contributed by atoms with Crippen molar-refractivity contribution in [1.82, 2.24) is 0 Å². The first kappa shape index (κ1) is 14.2. The van der Waals surface area contributed by atoms with E-state index in [-0.39, 0.29) is 11.5 Å². The average molecular weight is 327 g/mol. The summed E-state index contributed by atoms with van der Waals surface area (Å²) in [6.07, 6.45) is 0.767. The fourth-order valence-corrected chi connectivity index (χ4v) is 2.41. The zero-order valence-corrected chi connectivity index (χ0v) is 12.4. The Morgan fingerprint density at radius 2 is 1.67 bits per heavy atom. The minimum Gasteiger partial charge on any atom is -0.504 e. The van der Waals surface area contributed by atoms with Gasteiger partial charge in [0.25, 0.3) is 0 Å². The van der Waals surface area contributed by atoms with Gasteiger partial charge in [-0.1, -0.05) is 12.1 Å². The predicted octanol–water partition coefficient (Wildman–Crippen LogP) is 4.73. The number of fused-ring (bicyclic) bond motifs is 2. The molecular formula is C15H12Cl2O4. The molecule has 6 heteroatoms. The van der Waals surface area contributed by atoms with Crippen LogP contribution >= 0.6 is 23.2 Å². The third-order valence-corrected chi connectivity index (χ3v) is 3.62. The summed E-state index contributed by atoms with van der Waals surface area (Å²) in [4.78, 5) is -0.570. The maximum Gasteiger partial charge on any atom is 0.177 e. The van der Waals surface area contributed by atoms with Gasteiger partial charge < -0.3 is 19.7 Å². The monoisotopic (exact) mass is 326 g/mol. The largest absolute Gasteiger partial charge is 0.504 e. The number of halogens is 2. The van der Waals surface area contributed by atoms with Gasteiger partial charge in [-0.2, -0.15) is 0 Å². The molecule has 0 saturated carbocycles. The molecule has 0 aliphatic carbocycles. The molecule has 0 bridgehead atoms. The maximum atomic E-state index is 10.0. The third kappa shape index (κ3) is 2.69. The average Bonchev–Trinajstić information content (AvgIpc) is 2.46. The summed E-state index contributed by atoms with van der Waals surface area (Å²) in [7, 11) is 0. The molecule has 1 aliphatic rings. The molecule has 4 nitrogen and oxygen atoms in total. The number of para-hydroxylation sites is 2. The molecule has 0 spiro atoms. The minimum absolute atomic E-state index is 0.245.